The molecule has 25 heavy (non-hydrogen) atoms. The standard InChI is InChI=1S/C19H30N4O2/c1-21(2)17-7-5-6-16(12-17)14-20-19(25)23-10-8-15(9-11-23)13-18(24)22(3)4/h5-7,12,15H,8-11,13-14H2,1-4H3,(H,20,25). The minimum absolute atomic E-state index is 0.0207. The van der Waals surface area contributed by atoms with Crippen LogP contribution in [-0.4, -0.2) is 63.0 Å². The third-order valence-electron chi connectivity index (χ3n) is 4.73. The number of nitrogens with zero attached hydrogens (tertiary/aromatic N) is 3. The number of likely N-dealkylation sites (tertiary alicyclic amines) is 1. The van der Waals surface area contributed by atoms with Gasteiger partial charge in [0.2, 0.25) is 5.91 Å². The van der Waals surface area contributed by atoms with E-state index in [1.807, 2.05) is 42.1 Å². The van der Waals surface area contributed by atoms with Gasteiger partial charge in [-0.1, -0.05) is 12.1 Å². The van der Waals surface area contributed by atoms with E-state index in [0.717, 1.165) is 37.2 Å². The number of benzene rings is 1. The minimum Gasteiger partial charge on any atom is -0.378 e. The first kappa shape index (κ1) is 19.1. The van der Waals surface area contributed by atoms with Crippen LogP contribution in [0.4, 0.5) is 10.5 Å². The molecule has 2 rings (SSSR count). The number of carbonyl (C=O) groups is 2. The predicted octanol–water partition coefficient (Wildman–Crippen LogP) is 2.15. The maximum absolute atomic E-state index is 12.4. The Bertz CT molecular complexity index is 593. The predicted molar refractivity (Wildman–Crippen MR) is 101 cm³/mol. The Morgan fingerprint density at radius 1 is 1.16 bits per heavy atom. The monoisotopic (exact) mass is 346 g/mol. The number of hydrogen-bond acceptors (Lipinski definition) is 3. The van der Waals surface area contributed by atoms with Crippen molar-refractivity contribution in [3.63, 3.8) is 0 Å². The van der Waals surface area contributed by atoms with Crippen LogP contribution < -0.4 is 10.2 Å². The highest BCUT2D eigenvalue weighted by molar-refractivity contribution is 5.76. The molecule has 0 atom stereocenters. The van der Waals surface area contributed by atoms with E-state index in [2.05, 4.69) is 11.4 Å². The first-order valence-electron chi connectivity index (χ1n) is 8.86. The number of anilines is 1. The summed E-state index contributed by atoms with van der Waals surface area (Å²) < 4.78 is 0. The third-order valence-corrected chi connectivity index (χ3v) is 4.73. The van der Waals surface area contributed by atoms with E-state index in [-0.39, 0.29) is 11.9 Å². The van der Waals surface area contributed by atoms with E-state index >= 15 is 0 Å². The van der Waals surface area contributed by atoms with Crippen LogP contribution >= 0.6 is 0 Å². The Labute approximate surface area is 150 Å². The smallest absolute Gasteiger partial charge is 0.317 e. The summed E-state index contributed by atoms with van der Waals surface area (Å²) >= 11 is 0. The summed E-state index contributed by atoms with van der Waals surface area (Å²) in [6, 6.07) is 8.13. The van der Waals surface area contributed by atoms with Crippen LogP contribution in [0.3, 0.4) is 0 Å². The molecule has 1 aliphatic heterocycles. The molecule has 0 unspecified atom stereocenters. The second-order valence-electron chi connectivity index (χ2n) is 7.15. The molecule has 1 fully saturated rings. The zero-order chi connectivity index (χ0) is 18.4. The summed E-state index contributed by atoms with van der Waals surface area (Å²) in [5, 5.41) is 3.00. The third kappa shape index (κ3) is 5.66. The van der Waals surface area contributed by atoms with Crippen LogP contribution in [0.25, 0.3) is 0 Å². The van der Waals surface area contributed by atoms with E-state index in [0.29, 0.717) is 18.9 Å². The second kappa shape index (κ2) is 8.74. The van der Waals surface area contributed by atoms with Crippen LogP contribution in [0.1, 0.15) is 24.8 Å². The maximum Gasteiger partial charge on any atom is 0.317 e. The highest BCUT2D eigenvalue weighted by Crippen LogP contribution is 2.21. The SMILES string of the molecule is CN(C)C(=O)CC1CCN(C(=O)NCc2cccc(N(C)C)c2)CC1. The molecule has 0 bridgehead atoms. The van der Waals surface area contributed by atoms with Gasteiger partial charge in [0.1, 0.15) is 0 Å². The molecule has 1 aromatic rings. The fourth-order valence-corrected chi connectivity index (χ4v) is 3.00. The topological polar surface area (TPSA) is 55.9 Å². The van der Waals surface area contributed by atoms with Crippen LogP contribution in [0.2, 0.25) is 0 Å². The van der Waals surface area contributed by atoms with Crippen molar-refractivity contribution in [1.29, 1.82) is 0 Å². The lowest BCUT2D eigenvalue weighted by atomic mass is 9.93. The number of urea groups is 1. The first-order valence-corrected chi connectivity index (χ1v) is 8.86. The lowest BCUT2D eigenvalue weighted by molar-refractivity contribution is -0.129. The van der Waals surface area contributed by atoms with Crippen molar-refractivity contribution in [2.45, 2.75) is 25.8 Å². The van der Waals surface area contributed by atoms with Gasteiger partial charge in [-0.25, -0.2) is 4.79 Å². The normalized spacial score (nSPS) is 15.0. The Hall–Kier alpha value is -2.24. The summed E-state index contributed by atoms with van der Waals surface area (Å²) in [7, 11) is 7.58. The average Bonchev–Trinajstić information content (AvgIpc) is 2.60. The van der Waals surface area contributed by atoms with Gasteiger partial charge in [-0.3, -0.25) is 4.79 Å². The highest BCUT2D eigenvalue weighted by Gasteiger charge is 2.24. The molecular weight excluding hydrogens is 316 g/mol. The number of piperidine rings is 1. The summed E-state index contributed by atoms with van der Waals surface area (Å²) in [6.45, 7) is 1.96. The molecule has 1 aliphatic rings. The lowest BCUT2D eigenvalue weighted by Crippen LogP contribution is -2.44. The van der Waals surface area contributed by atoms with E-state index in [9.17, 15) is 9.59 Å². The molecule has 1 aromatic carbocycles. The average molecular weight is 346 g/mol. The number of hydrogen-bond donors (Lipinski definition) is 1. The molecule has 0 aromatic heterocycles. The number of nitrogens with one attached hydrogen (secondary N) is 1. The van der Waals surface area contributed by atoms with Crippen molar-refractivity contribution in [2.75, 3.05) is 46.2 Å². The molecule has 6 heteroatoms. The van der Waals surface area contributed by atoms with Gasteiger partial charge in [0.25, 0.3) is 0 Å². The van der Waals surface area contributed by atoms with Crippen LogP contribution in [0, 0.1) is 5.92 Å². The van der Waals surface area contributed by atoms with E-state index in [4.69, 9.17) is 0 Å². The fourth-order valence-electron chi connectivity index (χ4n) is 3.00. The van der Waals surface area contributed by atoms with Crippen molar-refractivity contribution in [3.05, 3.63) is 29.8 Å². The second-order valence-corrected chi connectivity index (χ2v) is 7.15. The van der Waals surface area contributed by atoms with Crippen molar-refractivity contribution in [1.82, 2.24) is 15.1 Å². The van der Waals surface area contributed by atoms with Crippen LogP contribution in [-0.2, 0) is 11.3 Å². The first-order chi connectivity index (χ1) is 11.9. The van der Waals surface area contributed by atoms with Crippen LogP contribution in [0.5, 0.6) is 0 Å². The summed E-state index contributed by atoms with van der Waals surface area (Å²) in [5.41, 5.74) is 2.21. The van der Waals surface area contributed by atoms with Crippen molar-refractivity contribution in [3.8, 4) is 0 Å². The molecule has 6 nitrogen and oxygen atoms in total. The Morgan fingerprint density at radius 2 is 1.84 bits per heavy atom. The minimum atomic E-state index is -0.0207. The molecule has 1 saturated heterocycles. The molecule has 0 radical (unpaired) electrons. The Kier molecular flexibility index (Phi) is 6.67. The van der Waals surface area contributed by atoms with E-state index < -0.39 is 0 Å². The number of rotatable bonds is 5. The zero-order valence-corrected chi connectivity index (χ0v) is 15.8. The van der Waals surface area contributed by atoms with Gasteiger partial charge in [-0.15, -0.1) is 0 Å². The van der Waals surface area contributed by atoms with Crippen molar-refractivity contribution in [2.24, 2.45) is 5.92 Å². The van der Waals surface area contributed by atoms with Gasteiger partial charge in [0.15, 0.2) is 0 Å². The molecule has 3 amide bonds. The molecule has 1 heterocycles. The molecule has 0 saturated carbocycles. The zero-order valence-electron chi connectivity index (χ0n) is 15.8. The van der Waals surface area contributed by atoms with Gasteiger partial charge < -0.3 is 20.0 Å². The maximum atomic E-state index is 12.4. The van der Waals surface area contributed by atoms with Crippen LogP contribution in [0.15, 0.2) is 24.3 Å². The number of carbonyl (C=O) groups excluding carboxylic acids is 2. The van der Waals surface area contributed by atoms with Crippen molar-refractivity contribution >= 4 is 17.6 Å². The summed E-state index contributed by atoms with van der Waals surface area (Å²) in [5.74, 6) is 0.555. The van der Waals surface area contributed by atoms with E-state index in [1.54, 1.807) is 19.0 Å². The van der Waals surface area contributed by atoms with Gasteiger partial charge >= 0.3 is 6.03 Å². The quantitative estimate of drug-likeness (QED) is 0.889. The molecule has 0 aliphatic carbocycles. The van der Waals surface area contributed by atoms with Gasteiger partial charge in [0.05, 0.1) is 0 Å². The Morgan fingerprint density at radius 3 is 2.44 bits per heavy atom. The summed E-state index contributed by atoms with van der Waals surface area (Å²) in [4.78, 5) is 29.7. The molecule has 0 spiro atoms. The lowest BCUT2D eigenvalue weighted by Gasteiger charge is -2.32. The van der Waals surface area contributed by atoms with Gasteiger partial charge in [-0.2, -0.15) is 0 Å². The molecule has 1 N–H and O–H groups in total. The van der Waals surface area contributed by atoms with E-state index in [1.165, 1.54) is 0 Å². The van der Waals surface area contributed by atoms with Gasteiger partial charge in [-0.05, 0) is 36.5 Å². The molecular formula is C19H30N4O2. The largest absolute Gasteiger partial charge is 0.378 e. The number of amides is 3. The highest BCUT2D eigenvalue weighted by atomic mass is 16.2. The van der Waals surface area contributed by atoms with Gasteiger partial charge in [0, 0.05) is 59.9 Å². The van der Waals surface area contributed by atoms with Crippen molar-refractivity contribution < 1.29 is 9.59 Å². The Balaban J connectivity index is 1.77. The molecule has 138 valence electrons. The fraction of sp³-hybridized carbons (Fsp3) is 0.579. The summed E-state index contributed by atoms with van der Waals surface area (Å²) in [6.07, 6.45) is 2.37.